The normalized spacial score (nSPS) is 19.5. The zero-order valence-corrected chi connectivity index (χ0v) is 12.9. The summed E-state index contributed by atoms with van der Waals surface area (Å²) < 4.78 is 0. The van der Waals surface area contributed by atoms with E-state index in [9.17, 15) is 0 Å². The molecule has 4 heteroatoms. The van der Waals surface area contributed by atoms with Crippen molar-refractivity contribution in [3.05, 3.63) is 10.6 Å². The van der Waals surface area contributed by atoms with Gasteiger partial charge in [-0.05, 0) is 38.1 Å². The lowest BCUT2D eigenvalue weighted by Gasteiger charge is -2.29. The highest BCUT2D eigenvalue weighted by Gasteiger charge is 2.30. The van der Waals surface area contributed by atoms with Crippen LogP contribution < -0.4 is 10.2 Å². The van der Waals surface area contributed by atoms with Gasteiger partial charge in [0.15, 0.2) is 5.13 Å². The van der Waals surface area contributed by atoms with Gasteiger partial charge >= 0.3 is 0 Å². The number of thiazole rings is 1. The molecule has 2 fully saturated rings. The minimum atomic E-state index is 0.760. The van der Waals surface area contributed by atoms with Crippen LogP contribution in [-0.2, 0) is 6.54 Å². The van der Waals surface area contributed by atoms with Gasteiger partial charge in [0.25, 0.3) is 0 Å². The maximum Gasteiger partial charge on any atom is 0.185 e. The maximum atomic E-state index is 4.94. The van der Waals surface area contributed by atoms with E-state index >= 15 is 0 Å². The summed E-state index contributed by atoms with van der Waals surface area (Å²) in [6.07, 6.45) is 6.93. The molecule has 0 bridgehead atoms. The predicted molar refractivity (Wildman–Crippen MR) is 82.1 cm³/mol. The fourth-order valence-corrected chi connectivity index (χ4v) is 3.78. The molecular formula is C15H25N3S. The van der Waals surface area contributed by atoms with Crippen LogP contribution in [0, 0.1) is 5.92 Å². The standard InChI is InChI=1S/C15H25N3S/c1-3-16-9-13-14(12-7-8-12)17-15(19-13)18(2)10-11-5-4-6-11/h11-12,16H,3-10H2,1-2H3. The van der Waals surface area contributed by atoms with E-state index in [0.29, 0.717) is 0 Å². The van der Waals surface area contributed by atoms with E-state index < -0.39 is 0 Å². The van der Waals surface area contributed by atoms with E-state index in [-0.39, 0.29) is 0 Å². The zero-order chi connectivity index (χ0) is 13.2. The molecule has 0 amide bonds. The monoisotopic (exact) mass is 279 g/mol. The van der Waals surface area contributed by atoms with E-state index in [1.165, 1.54) is 54.4 Å². The molecule has 0 radical (unpaired) electrons. The molecule has 19 heavy (non-hydrogen) atoms. The van der Waals surface area contributed by atoms with Crippen LogP contribution in [0.2, 0.25) is 0 Å². The number of hydrogen-bond donors (Lipinski definition) is 1. The lowest BCUT2D eigenvalue weighted by atomic mass is 9.85. The fraction of sp³-hybridized carbons (Fsp3) is 0.800. The third-order valence-corrected chi connectivity index (χ3v) is 5.48. The van der Waals surface area contributed by atoms with Crippen molar-refractivity contribution in [2.45, 2.75) is 51.5 Å². The number of nitrogens with one attached hydrogen (secondary N) is 1. The van der Waals surface area contributed by atoms with Crippen LogP contribution in [-0.4, -0.2) is 25.1 Å². The number of rotatable bonds is 7. The third kappa shape index (κ3) is 3.11. The van der Waals surface area contributed by atoms with E-state index in [1.54, 1.807) is 0 Å². The van der Waals surface area contributed by atoms with E-state index in [0.717, 1.165) is 24.9 Å². The molecule has 1 aromatic rings. The highest BCUT2D eigenvalue weighted by Crippen LogP contribution is 2.44. The second-order valence-electron chi connectivity index (χ2n) is 6.04. The van der Waals surface area contributed by atoms with Gasteiger partial charge in [0.05, 0.1) is 5.69 Å². The van der Waals surface area contributed by atoms with Crippen molar-refractivity contribution < 1.29 is 0 Å². The molecule has 2 saturated carbocycles. The van der Waals surface area contributed by atoms with E-state index in [1.807, 2.05) is 11.3 Å². The van der Waals surface area contributed by atoms with Gasteiger partial charge in [-0.15, -0.1) is 11.3 Å². The van der Waals surface area contributed by atoms with E-state index in [4.69, 9.17) is 4.98 Å². The largest absolute Gasteiger partial charge is 0.351 e. The Balaban J connectivity index is 1.69. The molecule has 0 saturated heterocycles. The van der Waals surface area contributed by atoms with Gasteiger partial charge in [0.1, 0.15) is 0 Å². The summed E-state index contributed by atoms with van der Waals surface area (Å²) in [5, 5.41) is 4.69. The number of aromatic nitrogens is 1. The van der Waals surface area contributed by atoms with E-state index in [2.05, 4.69) is 24.2 Å². The van der Waals surface area contributed by atoms with Crippen molar-refractivity contribution in [2.24, 2.45) is 5.92 Å². The van der Waals surface area contributed by atoms with Crippen LogP contribution in [0.5, 0.6) is 0 Å². The molecule has 0 aliphatic heterocycles. The lowest BCUT2D eigenvalue weighted by Crippen LogP contribution is -2.29. The molecule has 3 nitrogen and oxygen atoms in total. The summed E-state index contributed by atoms with van der Waals surface area (Å²) in [6, 6.07) is 0. The molecule has 1 aromatic heterocycles. The van der Waals surface area contributed by atoms with Crippen molar-refractivity contribution in [3.63, 3.8) is 0 Å². The summed E-state index contributed by atoms with van der Waals surface area (Å²) in [5.41, 5.74) is 1.39. The molecule has 1 heterocycles. The Bertz CT molecular complexity index is 421. The lowest BCUT2D eigenvalue weighted by molar-refractivity contribution is 0.321. The summed E-state index contributed by atoms with van der Waals surface area (Å²) in [4.78, 5) is 8.80. The molecule has 0 unspecified atom stereocenters. The number of hydrogen-bond acceptors (Lipinski definition) is 4. The molecular weight excluding hydrogens is 254 g/mol. The highest BCUT2D eigenvalue weighted by molar-refractivity contribution is 7.15. The fourth-order valence-electron chi connectivity index (χ4n) is 2.70. The molecule has 0 aromatic carbocycles. The third-order valence-electron chi connectivity index (χ3n) is 4.30. The first-order valence-electron chi connectivity index (χ1n) is 7.69. The van der Waals surface area contributed by atoms with Gasteiger partial charge in [0.2, 0.25) is 0 Å². The van der Waals surface area contributed by atoms with Crippen LogP contribution >= 0.6 is 11.3 Å². The van der Waals surface area contributed by atoms with Crippen LogP contribution in [0.15, 0.2) is 0 Å². The second kappa shape index (κ2) is 5.80. The van der Waals surface area contributed by atoms with Gasteiger partial charge in [0, 0.05) is 30.9 Å². The summed E-state index contributed by atoms with van der Waals surface area (Å²) >= 11 is 1.90. The Labute approximate surface area is 120 Å². The number of nitrogens with zero attached hydrogens (tertiary/aromatic N) is 2. The van der Waals surface area contributed by atoms with Crippen LogP contribution in [0.25, 0.3) is 0 Å². The Morgan fingerprint density at radius 3 is 2.68 bits per heavy atom. The maximum absolute atomic E-state index is 4.94. The summed E-state index contributed by atoms with van der Waals surface area (Å²) in [7, 11) is 2.21. The summed E-state index contributed by atoms with van der Waals surface area (Å²) in [6.45, 7) is 5.40. The van der Waals surface area contributed by atoms with Gasteiger partial charge in [-0.25, -0.2) is 4.98 Å². The zero-order valence-electron chi connectivity index (χ0n) is 12.1. The SMILES string of the molecule is CCNCc1sc(N(C)CC2CCC2)nc1C1CC1. The van der Waals surface area contributed by atoms with Crippen LogP contribution in [0.3, 0.4) is 0 Å². The Morgan fingerprint density at radius 2 is 2.11 bits per heavy atom. The first-order chi connectivity index (χ1) is 9.28. The molecule has 2 aliphatic rings. The van der Waals surface area contributed by atoms with Gasteiger partial charge < -0.3 is 10.2 Å². The molecule has 0 spiro atoms. The smallest absolute Gasteiger partial charge is 0.185 e. The van der Waals surface area contributed by atoms with Gasteiger partial charge in [-0.3, -0.25) is 0 Å². The average molecular weight is 279 g/mol. The Morgan fingerprint density at radius 1 is 1.32 bits per heavy atom. The second-order valence-corrected chi connectivity index (χ2v) is 7.10. The molecule has 3 rings (SSSR count). The quantitative estimate of drug-likeness (QED) is 0.829. The minimum absolute atomic E-state index is 0.760. The molecule has 2 aliphatic carbocycles. The van der Waals surface area contributed by atoms with Crippen molar-refractivity contribution in [2.75, 3.05) is 25.0 Å². The van der Waals surface area contributed by atoms with Gasteiger partial charge in [-0.1, -0.05) is 13.3 Å². The molecule has 1 N–H and O–H groups in total. The summed E-state index contributed by atoms with van der Waals surface area (Å²) in [5.74, 6) is 1.67. The van der Waals surface area contributed by atoms with Crippen LogP contribution in [0.1, 0.15) is 55.5 Å². The number of anilines is 1. The highest BCUT2D eigenvalue weighted by atomic mass is 32.1. The predicted octanol–water partition coefficient (Wildman–Crippen LogP) is 3.37. The molecule has 106 valence electrons. The van der Waals surface area contributed by atoms with Crippen molar-refractivity contribution >= 4 is 16.5 Å². The first-order valence-corrected chi connectivity index (χ1v) is 8.51. The Kier molecular flexibility index (Phi) is 4.08. The Hall–Kier alpha value is -0.610. The van der Waals surface area contributed by atoms with Crippen molar-refractivity contribution in [3.8, 4) is 0 Å². The van der Waals surface area contributed by atoms with Crippen molar-refractivity contribution in [1.82, 2.24) is 10.3 Å². The average Bonchev–Trinajstić information content (AvgIpc) is 3.11. The topological polar surface area (TPSA) is 28.2 Å². The van der Waals surface area contributed by atoms with Crippen LogP contribution in [0.4, 0.5) is 5.13 Å². The van der Waals surface area contributed by atoms with Crippen molar-refractivity contribution in [1.29, 1.82) is 0 Å². The van der Waals surface area contributed by atoms with Gasteiger partial charge in [-0.2, -0.15) is 0 Å². The molecule has 0 atom stereocenters. The first kappa shape index (κ1) is 13.4. The minimum Gasteiger partial charge on any atom is -0.351 e.